The molecule has 1 aromatic carbocycles. The fourth-order valence-corrected chi connectivity index (χ4v) is 4.19. The summed E-state index contributed by atoms with van der Waals surface area (Å²) in [4.78, 5) is 24.3. The van der Waals surface area contributed by atoms with Gasteiger partial charge < -0.3 is 19.9 Å². The van der Waals surface area contributed by atoms with Crippen LogP contribution in [0.2, 0.25) is 0 Å². The van der Waals surface area contributed by atoms with Gasteiger partial charge in [0.25, 0.3) is 5.91 Å². The van der Waals surface area contributed by atoms with Gasteiger partial charge in [0.2, 0.25) is 0 Å². The average molecular weight is 333 g/mol. The number of hydrogen-bond donors (Lipinski definition) is 2. The van der Waals surface area contributed by atoms with Crippen LogP contribution in [0.15, 0.2) is 24.3 Å². The van der Waals surface area contributed by atoms with Gasteiger partial charge in [-0.15, -0.1) is 11.3 Å². The second-order valence-electron chi connectivity index (χ2n) is 5.79. The van der Waals surface area contributed by atoms with E-state index in [0.29, 0.717) is 30.1 Å². The molecule has 0 radical (unpaired) electrons. The zero-order valence-electron chi connectivity index (χ0n) is 12.2. The Balaban J connectivity index is 1.58. The van der Waals surface area contributed by atoms with Gasteiger partial charge >= 0.3 is 5.97 Å². The molecular formula is C16H15NO5S. The van der Waals surface area contributed by atoms with E-state index in [2.05, 4.69) is 5.32 Å². The van der Waals surface area contributed by atoms with E-state index in [1.54, 1.807) is 18.2 Å². The van der Waals surface area contributed by atoms with Crippen molar-refractivity contribution in [3.8, 4) is 0 Å². The minimum absolute atomic E-state index is 0.0563. The van der Waals surface area contributed by atoms with Gasteiger partial charge in [-0.25, -0.2) is 4.79 Å². The van der Waals surface area contributed by atoms with Crippen LogP contribution in [0.5, 0.6) is 0 Å². The highest BCUT2D eigenvalue weighted by Gasteiger charge is 2.42. The van der Waals surface area contributed by atoms with Crippen molar-refractivity contribution in [1.29, 1.82) is 0 Å². The lowest BCUT2D eigenvalue weighted by Gasteiger charge is -2.15. The van der Waals surface area contributed by atoms with Gasteiger partial charge in [-0.05, 0) is 18.2 Å². The summed E-state index contributed by atoms with van der Waals surface area (Å²) in [7, 11) is 0. The first kappa shape index (κ1) is 14.6. The van der Waals surface area contributed by atoms with Crippen LogP contribution >= 0.6 is 11.3 Å². The van der Waals surface area contributed by atoms with E-state index in [9.17, 15) is 14.7 Å². The largest absolute Gasteiger partial charge is 0.478 e. The maximum atomic E-state index is 12.5. The quantitative estimate of drug-likeness (QED) is 0.894. The number of fused-ring (bicyclic) bond motifs is 2. The summed E-state index contributed by atoms with van der Waals surface area (Å²) in [5, 5.41) is 12.8. The number of thiophene rings is 1. The molecule has 0 spiro atoms. The topological polar surface area (TPSA) is 84.9 Å². The molecule has 23 heavy (non-hydrogen) atoms. The van der Waals surface area contributed by atoms with Crippen molar-refractivity contribution in [2.24, 2.45) is 5.92 Å². The zero-order valence-corrected chi connectivity index (χ0v) is 13.0. The van der Waals surface area contributed by atoms with E-state index in [0.717, 1.165) is 4.70 Å². The molecule has 0 saturated carbocycles. The third-order valence-electron chi connectivity index (χ3n) is 4.41. The third kappa shape index (κ3) is 2.50. The number of benzene rings is 1. The van der Waals surface area contributed by atoms with E-state index in [1.165, 1.54) is 11.3 Å². The first-order chi connectivity index (χ1) is 11.1. The van der Waals surface area contributed by atoms with Crippen molar-refractivity contribution in [1.82, 2.24) is 5.32 Å². The maximum Gasteiger partial charge on any atom is 0.336 e. The van der Waals surface area contributed by atoms with Crippen LogP contribution in [0.4, 0.5) is 0 Å². The summed E-state index contributed by atoms with van der Waals surface area (Å²) >= 11 is 1.30. The Kier molecular flexibility index (Phi) is 3.56. The minimum Gasteiger partial charge on any atom is -0.478 e. The van der Waals surface area contributed by atoms with Crippen LogP contribution in [0, 0.1) is 5.92 Å². The molecule has 3 atom stereocenters. The van der Waals surface area contributed by atoms with Crippen LogP contribution in [0.1, 0.15) is 20.0 Å². The summed E-state index contributed by atoms with van der Waals surface area (Å²) in [6.45, 7) is 1.68. The Morgan fingerprint density at radius 2 is 2.13 bits per heavy atom. The van der Waals surface area contributed by atoms with Crippen LogP contribution in [0.25, 0.3) is 10.1 Å². The molecule has 1 amide bonds. The van der Waals surface area contributed by atoms with Crippen LogP contribution in [0.3, 0.4) is 0 Å². The van der Waals surface area contributed by atoms with Crippen molar-refractivity contribution >= 4 is 33.3 Å². The highest BCUT2D eigenvalue weighted by Crippen LogP contribution is 2.30. The van der Waals surface area contributed by atoms with Gasteiger partial charge in [0, 0.05) is 16.0 Å². The second-order valence-corrected chi connectivity index (χ2v) is 6.87. The monoisotopic (exact) mass is 333 g/mol. The van der Waals surface area contributed by atoms with Gasteiger partial charge in [-0.1, -0.05) is 6.07 Å². The average Bonchev–Trinajstić information content (AvgIpc) is 3.21. The maximum absolute atomic E-state index is 12.5. The molecule has 2 aliphatic rings. The minimum atomic E-state index is -0.990. The predicted molar refractivity (Wildman–Crippen MR) is 84.1 cm³/mol. The predicted octanol–water partition coefficient (Wildman–Crippen LogP) is 1.74. The molecular weight excluding hydrogens is 318 g/mol. The van der Waals surface area contributed by atoms with Crippen molar-refractivity contribution in [3.05, 3.63) is 34.7 Å². The van der Waals surface area contributed by atoms with E-state index in [1.807, 2.05) is 6.07 Å². The SMILES string of the molecule is O=C(N[C@@H]1CO[C@H]2COC[C@H]21)c1cc2c(C(=O)O)cccc2s1. The van der Waals surface area contributed by atoms with Gasteiger partial charge in [-0.3, -0.25) is 4.79 Å². The fraction of sp³-hybridized carbons (Fsp3) is 0.375. The standard InChI is InChI=1S/C16H15NO5S/c18-15(17-11-6-22-12-7-21-5-10(11)12)14-4-9-8(16(19)20)2-1-3-13(9)23-14/h1-4,10-12H,5-7H2,(H,17,18)(H,19,20)/t10-,11+,12-/m0/s1. The lowest BCUT2D eigenvalue weighted by Crippen LogP contribution is -2.40. The Morgan fingerprint density at radius 3 is 2.96 bits per heavy atom. The van der Waals surface area contributed by atoms with E-state index in [-0.39, 0.29) is 29.5 Å². The second kappa shape index (κ2) is 5.59. The zero-order chi connectivity index (χ0) is 16.0. The van der Waals surface area contributed by atoms with Crippen molar-refractivity contribution in [3.63, 3.8) is 0 Å². The lowest BCUT2D eigenvalue weighted by molar-refractivity contribution is 0.0656. The fourth-order valence-electron chi connectivity index (χ4n) is 3.20. The van der Waals surface area contributed by atoms with Gasteiger partial charge in [0.15, 0.2) is 0 Å². The van der Waals surface area contributed by atoms with Crippen LogP contribution in [-0.4, -0.2) is 48.9 Å². The Hall–Kier alpha value is -1.96. The summed E-state index contributed by atoms with van der Waals surface area (Å²) in [5.41, 5.74) is 0.214. The molecule has 0 bridgehead atoms. The molecule has 2 N–H and O–H groups in total. The molecule has 2 saturated heterocycles. The van der Waals surface area contributed by atoms with Crippen molar-refractivity contribution < 1.29 is 24.2 Å². The normalized spacial score (nSPS) is 26.3. The van der Waals surface area contributed by atoms with Gasteiger partial charge in [0.1, 0.15) is 0 Å². The molecule has 4 rings (SSSR count). The van der Waals surface area contributed by atoms with E-state index >= 15 is 0 Å². The molecule has 0 unspecified atom stereocenters. The molecule has 2 fully saturated rings. The molecule has 6 nitrogen and oxygen atoms in total. The highest BCUT2D eigenvalue weighted by atomic mass is 32.1. The van der Waals surface area contributed by atoms with E-state index in [4.69, 9.17) is 9.47 Å². The first-order valence-corrected chi connectivity index (χ1v) is 8.21. The number of amides is 1. The smallest absolute Gasteiger partial charge is 0.336 e. The molecule has 2 aliphatic heterocycles. The number of rotatable bonds is 3. The summed E-state index contributed by atoms with van der Waals surface area (Å²) in [6, 6.07) is 6.65. The highest BCUT2D eigenvalue weighted by molar-refractivity contribution is 7.20. The van der Waals surface area contributed by atoms with Crippen LogP contribution in [-0.2, 0) is 9.47 Å². The Bertz CT molecular complexity index is 786. The van der Waals surface area contributed by atoms with Crippen molar-refractivity contribution in [2.75, 3.05) is 19.8 Å². The molecule has 2 aromatic rings. The number of carbonyl (C=O) groups excluding carboxylic acids is 1. The Morgan fingerprint density at radius 1 is 1.26 bits per heavy atom. The number of aromatic carboxylic acids is 1. The summed E-state index contributed by atoms with van der Waals surface area (Å²) in [5.74, 6) is -0.984. The number of ether oxygens (including phenoxy) is 2. The number of carboxylic acid groups (broad SMARTS) is 1. The number of carbonyl (C=O) groups is 2. The Labute approximate surface area is 136 Å². The number of nitrogens with one attached hydrogen (secondary N) is 1. The van der Waals surface area contributed by atoms with Crippen LogP contribution < -0.4 is 5.32 Å². The number of hydrogen-bond acceptors (Lipinski definition) is 5. The van der Waals surface area contributed by atoms with E-state index < -0.39 is 5.97 Å². The summed E-state index contributed by atoms with van der Waals surface area (Å²) in [6.07, 6.45) is 0.0707. The molecule has 3 heterocycles. The lowest BCUT2D eigenvalue weighted by atomic mass is 10.0. The molecule has 0 aliphatic carbocycles. The third-order valence-corrected chi connectivity index (χ3v) is 5.51. The molecule has 7 heteroatoms. The first-order valence-electron chi connectivity index (χ1n) is 7.39. The summed E-state index contributed by atoms with van der Waals surface area (Å²) < 4.78 is 11.8. The molecule has 1 aromatic heterocycles. The van der Waals surface area contributed by atoms with Gasteiger partial charge in [-0.2, -0.15) is 0 Å². The molecule has 120 valence electrons. The number of carboxylic acids is 1. The van der Waals surface area contributed by atoms with Crippen molar-refractivity contribution in [2.45, 2.75) is 12.1 Å². The van der Waals surface area contributed by atoms with Gasteiger partial charge in [0.05, 0.1) is 42.4 Å².